The van der Waals surface area contributed by atoms with E-state index in [-0.39, 0.29) is 30.1 Å². The molecule has 8 nitrogen and oxygen atoms in total. The summed E-state index contributed by atoms with van der Waals surface area (Å²) in [6.07, 6.45) is -0.615. The zero-order valence-corrected chi connectivity index (χ0v) is 28.4. The van der Waals surface area contributed by atoms with E-state index in [4.69, 9.17) is 4.74 Å². The molecule has 4 aromatic carbocycles. The number of ether oxygens (including phenoxy) is 1. The van der Waals surface area contributed by atoms with E-state index in [2.05, 4.69) is 5.32 Å². The van der Waals surface area contributed by atoms with Crippen molar-refractivity contribution in [1.29, 1.82) is 0 Å². The van der Waals surface area contributed by atoms with Crippen molar-refractivity contribution < 1.29 is 24.2 Å². The Labute approximate surface area is 294 Å². The minimum atomic E-state index is -0.803. The maximum absolute atomic E-state index is 14.4. The lowest BCUT2D eigenvalue weighted by molar-refractivity contribution is -0.154. The SMILES string of the molecule is O=C(Cc1ccccc1)NC1C(=O)N2C(C(=O)OC(c3ccccc3)c3ccccc3)=C(Sc3cc(=O)c4ccc(CO)cc4s3)CS[C@H]12. The summed E-state index contributed by atoms with van der Waals surface area (Å²) in [6.45, 7) is -0.155. The normalized spacial score (nSPS) is 17.1. The molecule has 5 aromatic rings. The van der Waals surface area contributed by atoms with Gasteiger partial charge in [0.05, 0.1) is 17.2 Å². The minimum absolute atomic E-state index is 0.105. The van der Waals surface area contributed by atoms with Crippen LogP contribution in [0.1, 0.15) is 28.4 Å². The van der Waals surface area contributed by atoms with Crippen LogP contribution in [-0.4, -0.2) is 45.0 Å². The van der Waals surface area contributed by atoms with Crippen LogP contribution >= 0.6 is 34.9 Å². The van der Waals surface area contributed by atoms with E-state index in [1.165, 1.54) is 45.8 Å². The van der Waals surface area contributed by atoms with Crippen molar-refractivity contribution in [1.82, 2.24) is 10.2 Å². The molecule has 0 spiro atoms. The number of nitrogens with one attached hydrogen (secondary N) is 1. The molecule has 1 fully saturated rings. The highest BCUT2D eigenvalue weighted by Crippen LogP contribution is 2.47. The highest BCUT2D eigenvalue weighted by Gasteiger charge is 2.55. The third-order valence-corrected chi connectivity index (χ3v) is 12.0. The second-order valence-corrected chi connectivity index (χ2v) is 15.1. The summed E-state index contributed by atoms with van der Waals surface area (Å²) in [4.78, 5) is 56.2. The first kappa shape index (κ1) is 32.8. The third-order valence-electron chi connectivity index (χ3n) is 8.26. The first-order chi connectivity index (χ1) is 23.9. The highest BCUT2D eigenvalue weighted by atomic mass is 32.2. The van der Waals surface area contributed by atoms with Crippen LogP contribution in [0.5, 0.6) is 0 Å². The molecule has 1 unspecified atom stereocenters. The topological polar surface area (TPSA) is 113 Å². The Balaban J connectivity index is 1.23. The Morgan fingerprint density at radius 2 is 1.53 bits per heavy atom. The number of hydrogen-bond donors (Lipinski definition) is 2. The maximum atomic E-state index is 14.4. The van der Waals surface area contributed by atoms with Crippen LogP contribution in [0.2, 0.25) is 0 Å². The Hall–Kier alpha value is -4.68. The molecule has 11 heteroatoms. The number of β-lactam (4-membered cyclic amide) rings is 1. The Bertz CT molecular complexity index is 2080. The van der Waals surface area contributed by atoms with E-state index in [0.29, 0.717) is 30.5 Å². The zero-order valence-electron chi connectivity index (χ0n) is 26.0. The summed E-state index contributed by atoms with van der Waals surface area (Å²) in [5.74, 6) is -1.01. The van der Waals surface area contributed by atoms with E-state index in [0.717, 1.165) is 16.7 Å². The molecule has 7 rings (SSSR count). The largest absolute Gasteiger partial charge is 0.448 e. The number of hydrogen-bond acceptors (Lipinski definition) is 9. The fourth-order valence-corrected chi connectivity index (χ4v) is 9.79. The van der Waals surface area contributed by atoms with Crippen LogP contribution in [0.15, 0.2) is 135 Å². The number of rotatable bonds is 10. The fraction of sp³-hybridized carbons (Fsp3) is 0.158. The van der Waals surface area contributed by atoms with Crippen LogP contribution < -0.4 is 10.7 Å². The highest BCUT2D eigenvalue weighted by molar-refractivity contribution is 8.07. The van der Waals surface area contributed by atoms with Crippen molar-refractivity contribution in [2.75, 3.05) is 5.75 Å². The number of aliphatic hydroxyl groups is 1. The van der Waals surface area contributed by atoms with Crippen LogP contribution in [0.3, 0.4) is 0 Å². The van der Waals surface area contributed by atoms with E-state index in [1.807, 2.05) is 91.0 Å². The molecule has 1 aromatic heterocycles. The van der Waals surface area contributed by atoms with Crippen molar-refractivity contribution >= 4 is 62.7 Å². The number of carbonyl (C=O) groups excluding carboxylic acids is 3. The summed E-state index contributed by atoms with van der Waals surface area (Å²) >= 11 is 4.07. The van der Waals surface area contributed by atoms with Gasteiger partial charge >= 0.3 is 5.97 Å². The van der Waals surface area contributed by atoms with Gasteiger partial charge in [0.15, 0.2) is 11.5 Å². The lowest BCUT2D eigenvalue weighted by Crippen LogP contribution is -2.70. The number of nitrogens with zero attached hydrogens (tertiary/aromatic N) is 1. The molecule has 0 aliphatic carbocycles. The van der Waals surface area contributed by atoms with E-state index in [1.54, 1.807) is 18.2 Å². The van der Waals surface area contributed by atoms with Crippen LogP contribution in [0.4, 0.5) is 0 Å². The predicted octanol–water partition coefficient (Wildman–Crippen LogP) is 6.03. The van der Waals surface area contributed by atoms with E-state index < -0.39 is 29.4 Å². The molecule has 2 amide bonds. The van der Waals surface area contributed by atoms with Crippen LogP contribution in [0, 0.1) is 0 Å². The molecular formula is C38H30N2O6S3. The lowest BCUT2D eigenvalue weighted by atomic mass is 10.0. The molecule has 0 bridgehead atoms. The molecule has 246 valence electrons. The predicted molar refractivity (Wildman–Crippen MR) is 193 cm³/mol. The summed E-state index contributed by atoms with van der Waals surface area (Å²) in [5, 5.41) is 12.6. The number of carbonyl (C=O) groups is 3. The monoisotopic (exact) mass is 706 g/mol. The average Bonchev–Trinajstić information content (AvgIpc) is 3.13. The summed E-state index contributed by atoms with van der Waals surface area (Å²) in [7, 11) is 0. The summed E-state index contributed by atoms with van der Waals surface area (Å²) in [5.41, 5.74) is 2.98. The smallest absolute Gasteiger partial charge is 0.356 e. The van der Waals surface area contributed by atoms with Crippen molar-refractivity contribution in [3.8, 4) is 0 Å². The van der Waals surface area contributed by atoms with Gasteiger partial charge in [0.25, 0.3) is 5.91 Å². The van der Waals surface area contributed by atoms with Crippen LogP contribution in [0.25, 0.3) is 10.1 Å². The van der Waals surface area contributed by atoms with Gasteiger partial charge in [0.1, 0.15) is 17.1 Å². The molecule has 2 aliphatic heterocycles. The molecule has 2 N–H and O–H groups in total. The third kappa shape index (κ3) is 6.93. The Morgan fingerprint density at radius 3 is 2.18 bits per heavy atom. The second kappa shape index (κ2) is 14.4. The standard InChI is InChI=1S/C38H30N2O6S3/c41-21-24-16-17-27-28(42)20-32(48-29(27)18-24)49-30-22-47-37-33(39-31(43)19-23-10-4-1-5-11-23)36(44)40(37)34(30)38(45)46-35(25-12-6-2-7-13-25)26-14-8-3-9-15-26/h1-18,20,33,35,37,41H,19,21-22H2,(H,39,43)/t33?,37-/m1/s1. The minimum Gasteiger partial charge on any atom is -0.448 e. The molecule has 1 saturated heterocycles. The van der Waals surface area contributed by atoms with Gasteiger partial charge in [-0.2, -0.15) is 0 Å². The summed E-state index contributed by atoms with van der Waals surface area (Å²) < 4.78 is 7.61. The van der Waals surface area contributed by atoms with Gasteiger partial charge in [-0.25, -0.2) is 4.79 Å². The van der Waals surface area contributed by atoms with Gasteiger partial charge in [-0.3, -0.25) is 19.3 Å². The Morgan fingerprint density at radius 1 is 0.878 bits per heavy atom. The number of thioether (sulfide) groups is 2. The quantitative estimate of drug-likeness (QED) is 0.134. The average molecular weight is 707 g/mol. The lowest BCUT2D eigenvalue weighted by Gasteiger charge is -2.49. The molecule has 49 heavy (non-hydrogen) atoms. The zero-order chi connectivity index (χ0) is 33.9. The maximum Gasteiger partial charge on any atom is 0.356 e. The van der Waals surface area contributed by atoms with Crippen molar-refractivity contribution in [2.45, 2.75) is 34.8 Å². The van der Waals surface area contributed by atoms with Gasteiger partial charge in [0, 0.05) is 26.8 Å². The van der Waals surface area contributed by atoms with E-state index in [9.17, 15) is 24.3 Å². The molecule has 0 saturated carbocycles. The molecule has 2 aliphatic rings. The van der Waals surface area contributed by atoms with Gasteiger partial charge in [-0.1, -0.05) is 109 Å². The number of fused-ring (bicyclic) bond motifs is 2. The van der Waals surface area contributed by atoms with Gasteiger partial charge in [0.2, 0.25) is 5.91 Å². The van der Waals surface area contributed by atoms with Gasteiger partial charge in [-0.15, -0.1) is 23.1 Å². The van der Waals surface area contributed by atoms with E-state index >= 15 is 0 Å². The number of aliphatic hydroxyl groups excluding tert-OH is 1. The second-order valence-electron chi connectivity index (χ2n) is 11.5. The molecular weight excluding hydrogens is 677 g/mol. The van der Waals surface area contributed by atoms with Crippen molar-refractivity contribution in [3.05, 3.63) is 158 Å². The van der Waals surface area contributed by atoms with Gasteiger partial charge < -0.3 is 15.2 Å². The molecule has 0 radical (unpaired) electrons. The number of amides is 2. The van der Waals surface area contributed by atoms with Crippen molar-refractivity contribution in [2.24, 2.45) is 0 Å². The molecule has 2 atom stereocenters. The summed E-state index contributed by atoms with van der Waals surface area (Å²) in [6, 6.07) is 34.0. The first-order valence-electron chi connectivity index (χ1n) is 15.6. The number of benzene rings is 4. The first-order valence-corrected chi connectivity index (χ1v) is 18.3. The Kier molecular flexibility index (Phi) is 9.67. The fourth-order valence-electron chi connectivity index (χ4n) is 5.86. The number of esters is 1. The van der Waals surface area contributed by atoms with Crippen molar-refractivity contribution in [3.63, 3.8) is 0 Å². The van der Waals surface area contributed by atoms with Gasteiger partial charge in [-0.05, 0) is 34.4 Å². The molecule has 3 heterocycles. The van der Waals surface area contributed by atoms with Crippen LogP contribution in [-0.2, 0) is 32.1 Å².